The minimum atomic E-state index is 0.176. The molecule has 7 heavy (non-hydrogen) atoms. The Hall–Kier alpha value is 2.21. The van der Waals surface area contributed by atoms with Crippen LogP contribution in [0.4, 0.5) is 0 Å². The predicted molar refractivity (Wildman–Crippen MR) is 57.0 cm³/mol. The van der Waals surface area contributed by atoms with Gasteiger partial charge in [-0.2, -0.15) is 18.2 Å². The minimum Gasteiger partial charge on any atom is -0.165 e. The van der Waals surface area contributed by atoms with Crippen molar-refractivity contribution < 1.29 is 0 Å². The molecule has 6 heteroatoms. The molecule has 0 aliphatic rings. The van der Waals surface area contributed by atoms with Gasteiger partial charge in [0.05, 0.1) is 0 Å². The van der Waals surface area contributed by atoms with Crippen LogP contribution in [0.25, 0.3) is 0 Å². The van der Waals surface area contributed by atoms with Crippen LogP contribution in [-0.2, 0) is 0 Å². The van der Waals surface area contributed by atoms with Crippen LogP contribution in [0.3, 0.4) is 0 Å². The van der Waals surface area contributed by atoms with Gasteiger partial charge in [-0.15, -0.1) is 27.7 Å². The molecule has 0 bridgehead atoms. The topological polar surface area (TPSA) is 0 Å². The van der Waals surface area contributed by atoms with Crippen molar-refractivity contribution in [2.24, 2.45) is 0 Å². The fourth-order valence-corrected chi connectivity index (χ4v) is 0. The van der Waals surface area contributed by atoms with Gasteiger partial charge in [0, 0.05) is 4.54 Å². The van der Waals surface area contributed by atoms with E-state index in [9.17, 15) is 0 Å². The molecule has 42 valence electrons. The van der Waals surface area contributed by atoms with Gasteiger partial charge in [-0.1, -0.05) is 0 Å². The van der Waals surface area contributed by atoms with E-state index in [4.69, 9.17) is 0 Å². The highest BCUT2D eigenvalue weighted by Gasteiger charge is 2.19. The summed E-state index contributed by atoms with van der Waals surface area (Å²) in [6, 6.07) is 0. The van der Waals surface area contributed by atoms with E-state index in [0.717, 1.165) is 0 Å². The van der Waals surface area contributed by atoms with E-state index in [0.29, 0.717) is 6.15 Å². The lowest BCUT2D eigenvalue weighted by molar-refractivity contribution is 1.85. The molecule has 0 heterocycles. The molecule has 0 fully saturated rings. The Morgan fingerprint density at radius 2 is 1.14 bits per heavy atom. The zero-order valence-corrected chi connectivity index (χ0v) is 9.74. The molecule has 0 aromatic carbocycles. The molecule has 0 nitrogen and oxygen atoms in total. The molecular weight excluding hydrogens is 178 g/mol. The van der Waals surface area contributed by atoms with Gasteiger partial charge in [0.15, 0.2) is 0 Å². The first-order chi connectivity index (χ1) is 2.94. The summed E-state index contributed by atoms with van der Waals surface area (Å²) < 4.78 is 0.176. The van der Waals surface area contributed by atoms with Gasteiger partial charge in [0.25, 0.3) is 0 Å². The first kappa shape index (κ1) is 9.21. The summed E-state index contributed by atoms with van der Waals surface area (Å²) in [6.07, 6.45) is 0.521. The van der Waals surface area contributed by atoms with E-state index in [1.54, 1.807) is 0 Å². The maximum atomic E-state index is 2.72. The molecule has 0 aromatic rings. The van der Waals surface area contributed by atoms with Crippen molar-refractivity contribution in [2.75, 3.05) is 0 Å². The van der Waals surface area contributed by atoms with Crippen LogP contribution in [0, 0.1) is 0 Å². The van der Waals surface area contributed by atoms with Gasteiger partial charge in [0.2, 0.25) is 6.15 Å². The molecule has 0 amide bonds. The Labute approximate surface area is 57.1 Å². The van der Waals surface area contributed by atoms with Crippen LogP contribution in [0.15, 0.2) is 0 Å². The van der Waals surface area contributed by atoms with Gasteiger partial charge >= 0.3 is 0 Å². The van der Waals surface area contributed by atoms with Gasteiger partial charge in [-0.3, -0.25) is 0 Å². The molecule has 0 saturated carbocycles. The molecule has 0 aliphatic carbocycles. The third-order valence-corrected chi connectivity index (χ3v) is 5.20. The summed E-state index contributed by atoms with van der Waals surface area (Å²) in [5.74, 6) is 0. The van der Waals surface area contributed by atoms with E-state index in [1.165, 1.54) is 0 Å². The summed E-state index contributed by atoms with van der Waals surface area (Å²) in [6.45, 7) is 0. The summed E-state index contributed by atoms with van der Waals surface area (Å²) >= 11 is 0. The van der Waals surface area contributed by atoms with Crippen molar-refractivity contribution in [1.29, 1.82) is 0 Å². The maximum absolute atomic E-state index is 2.72. The SMILES string of the molecule is PB(P)C(P)(P)P. The molecule has 5 unspecified atom stereocenters. The second-order valence-corrected chi connectivity index (χ2v) is 8.73. The van der Waals surface area contributed by atoms with Crippen LogP contribution < -0.4 is 0 Å². The number of hydrogen-bond acceptors (Lipinski definition) is 0. The zero-order valence-electron chi connectivity index (χ0n) is 3.96. The Balaban J connectivity index is 3.54. The molecule has 0 aliphatic heterocycles. The highest BCUT2D eigenvalue weighted by molar-refractivity contribution is 8.01. The van der Waals surface area contributed by atoms with Gasteiger partial charge < -0.3 is 0 Å². The summed E-state index contributed by atoms with van der Waals surface area (Å²) in [4.78, 5) is 0. The largest absolute Gasteiger partial charge is 0.205 e. The van der Waals surface area contributed by atoms with Crippen molar-refractivity contribution in [3.05, 3.63) is 0 Å². The minimum absolute atomic E-state index is 0.176. The highest BCUT2D eigenvalue weighted by atomic mass is 31.1. The third kappa shape index (κ3) is 4.70. The monoisotopic (exact) mass is 188 g/mol. The summed E-state index contributed by atoms with van der Waals surface area (Å²) in [7, 11) is 13.6. The van der Waals surface area contributed by atoms with Crippen molar-refractivity contribution in [1.82, 2.24) is 0 Å². The Bertz CT molecular complexity index is 53.6. The molecule has 0 rings (SSSR count). The second kappa shape index (κ2) is 3.40. The van der Waals surface area contributed by atoms with Crippen LogP contribution in [-0.4, -0.2) is 10.7 Å². The molecule has 0 radical (unpaired) electrons. The van der Waals surface area contributed by atoms with E-state index in [2.05, 4.69) is 46.0 Å². The van der Waals surface area contributed by atoms with E-state index in [1.807, 2.05) is 0 Å². The van der Waals surface area contributed by atoms with Crippen LogP contribution in [0.2, 0.25) is 0 Å². The number of rotatable bonds is 1. The quantitative estimate of drug-likeness (QED) is 0.425. The fourth-order valence-electron chi connectivity index (χ4n) is 0. The average molecular weight is 188 g/mol. The molecule has 0 spiro atoms. The molecule has 0 aromatic heterocycles. The molecule has 0 saturated heterocycles. The lowest BCUT2D eigenvalue weighted by Gasteiger charge is -2.18. The van der Waals surface area contributed by atoms with Crippen molar-refractivity contribution in [3.8, 4) is 0 Å². The van der Waals surface area contributed by atoms with Gasteiger partial charge in [-0.05, 0) is 0 Å². The maximum Gasteiger partial charge on any atom is 0.205 e. The Kier molecular flexibility index (Phi) is 4.48. The van der Waals surface area contributed by atoms with E-state index in [-0.39, 0.29) is 4.54 Å². The van der Waals surface area contributed by atoms with Crippen LogP contribution in [0.5, 0.6) is 0 Å². The second-order valence-electron chi connectivity index (χ2n) is 1.53. The first-order valence-electron chi connectivity index (χ1n) is 1.82. The first-order valence-corrected chi connectivity index (χ1v) is 4.89. The lowest BCUT2D eigenvalue weighted by atomic mass is 10.1. The molecule has 5 atom stereocenters. The van der Waals surface area contributed by atoms with Gasteiger partial charge in [-0.25, -0.2) is 0 Å². The van der Waals surface area contributed by atoms with Crippen molar-refractivity contribution >= 4 is 52.1 Å². The van der Waals surface area contributed by atoms with Crippen LogP contribution in [0.1, 0.15) is 0 Å². The average Bonchev–Trinajstić information content (AvgIpc) is 1.31. The van der Waals surface area contributed by atoms with Crippen molar-refractivity contribution in [3.63, 3.8) is 0 Å². The summed E-state index contributed by atoms with van der Waals surface area (Å²) in [5, 5.41) is 0. The lowest BCUT2D eigenvalue weighted by Crippen LogP contribution is -2.13. The fraction of sp³-hybridized carbons (Fsp3) is 1.00. The zero-order chi connectivity index (χ0) is 6.08. The van der Waals surface area contributed by atoms with Gasteiger partial charge in [0.1, 0.15) is 0 Å². The predicted octanol–water partition coefficient (Wildman–Crippen LogP) is 1.04. The number of hydrogen-bond donors (Lipinski definition) is 0. The van der Waals surface area contributed by atoms with Crippen LogP contribution >= 0.6 is 46.0 Å². The Morgan fingerprint density at radius 3 is 1.14 bits per heavy atom. The molecule has 0 N–H and O–H groups in total. The highest BCUT2D eigenvalue weighted by Crippen LogP contribution is 2.41. The summed E-state index contributed by atoms with van der Waals surface area (Å²) in [5.41, 5.74) is 0. The third-order valence-electron chi connectivity index (χ3n) is 0.577. The normalized spacial score (nSPS) is 11.6. The van der Waals surface area contributed by atoms with Crippen molar-refractivity contribution in [2.45, 2.75) is 4.54 Å². The Morgan fingerprint density at radius 1 is 1.00 bits per heavy atom. The molecular formula is CH10BP5. The van der Waals surface area contributed by atoms with E-state index < -0.39 is 0 Å². The van der Waals surface area contributed by atoms with E-state index >= 15 is 0 Å². The smallest absolute Gasteiger partial charge is 0.165 e. The standard InChI is InChI=1S/CH10BP5/c3-1(4,5)2(6)7/h3-7H2.